The molecule has 1 amide bonds. The zero-order valence-electron chi connectivity index (χ0n) is 9.61. The summed E-state index contributed by atoms with van der Waals surface area (Å²) in [6, 6.07) is 2.26. The van der Waals surface area contributed by atoms with E-state index in [1.54, 1.807) is 11.3 Å². The molecule has 0 radical (unpaired) electrons. The number of hydrogen-bond donors (Lipinski definition) is 1. The van der Waals surface area contributed by atoms with E-state index in [-0.39, 0.29) is 18.3 Å². The molecule has 1 unspecified atom stereocenters. The van der Waals surface area contributed by atoms with Gasteiger partial charge in [-0.05, 0) is 41.9 Å². The largest absolute Gasteiger partial charge is 0.334 e. The van der Waals surface area contributed by atoms with Crippen molar-refractivity contribution in [3.63, 3.8) is 0 Å². The maximum absolute atomic E-state index is 12.2. The van der Waals surface area contributed by atoms with Gasteiger partial charge >= 0.3 is 0 Å². The number of thiophene rings is 1. The van der Waals surface area contributed by atoms with Gasteiger partial charge in [-0.15, -0.1) is 23.7 Å². The van der Waals surface area contributed by atoms with Crippen LogP contribution in [0.3, 0.4) is 0 Å². The summed E-state index contributed by atoms with van der Waals surface area (Å²) in [5, 5.41) is 5.07. The smallest absolute Gasteiger partial charge is 0.255 e. The molecule has 0 spiro atoms. The molecule has 0 saturated carbocycles. The second kappa shape index (κ2) is 6.73. The Morgan fingerprint density at radius 3 is 3.06 bits per heavy atom. The van der Waals surface area contributed by atoms with Gasteiger partial charge < -0.3 is 10.2 Å². The molecule has 6 heteroatoms. The second-order valence-corrected chi connectivity index (χ2v) is 6.28. The number of amides is 1. The van der Waals surface area contributed by atoms with E-state index >= 15 is 0 Å². The number of rotatable bonds is 3. The lowest BCUT2D eigenvalue weighted by Gasteiger charge is -2.24. The van der Waals surface area contributed by atoms with Gasteiger partial charge in [0.05, 0.1) is 9.35 Å². The molecule has 1 aliphatic heterocycles. The fourth-order valence-corrected chi connectivity index (χ4v) is 3.27. The summed E-state index contributed by atoms with van der Waals surface area (Å²) in [7, 11) is 1.93. The maximum atomic E-state index is 12.2. The van der Waals surface area contributed by atoms with Crippen LogP contribution in [0.25, 0.3) is 0 Å². The van der Waals surface area contributed by atoms with E-state index < -0.39 is 0 Å². The van der Waals surface area contributed by atoms with Crippen molar-refractivity contribution in [2.24, 2.45) is 0 Å². The molecule has 1 N–H and O–H groups in total. The first-order valence-electron chi connectivity index (χ1n) is 5.42. The van der Waals surface area contributed by atoms with Crippen molar-refractivity contribution in [1.82, 2.24) is 10.2 Å². The first-order chi connectivity index (χ1) is 7.72. The molecule has 1 aromatic rings. The van der Waals surface area contributed by atoms with Gasteiger partial charge in [0.2, 0.25) is 0 Å². The molecule has 2 heterocycles. The van der Waals surface area contributed by atoms with Gasteiger partial charge in [-0.2, -0.15) is 0 Å². The van der Waals surface area contributed by atoms with Crippen LogP contribution in [0.15, 0.2) is 15.2 Å². The SMILES string of the molecule is CNCC1CCCN1C(=O)c1csc(Br)c1.Cl. The highest BCUT2D eigenvalue weighted by molar-refractivity contribution is 9.11. The van der Waals surface area contributed by atoms with Gasteiger partial charge in [-0.25, -0.2) is 0 Å². The van der Waals surface area contributed by atoms with Gasteiger partial charge in [-0.1, -0.05) is 0 Å². The van der Waals surface area contributed by atoms with Crippen LogP contribution in [0.4, 0.5) is 0 Å². The van der Waals surface area contributed by atoms with Crippen molar-refractivity contribution in [1.29, 1.82) is 0 Å². The standard InChI is InChI=1S/C11H15BrN2OS.ClH/c1-13-6-9-3-2-4-14(9)11(15)8-5-10(12)16-7-8;/h5,7,9,13H,2-4,6H2,1H3;1H. The van der Waals surface area contributed by atoms with Gasteiger partial charge in [-0.3, -0.25) is 4.79 Å². The number of likely N-dealkylation sites (N-methyl/N-ethyl adjacent to an activating group) is 1. The Kier molecular flexibility index (Phi) is 5.92. The number of halogens is 2. The minimum Gasteiger partial charge on any atom is -0.334 e. The molecule has 1 saturated heterocycles. The Bertz CT molecular complexity index is 385. The van der Waals surface area contributed by atoms with Crippen LogP contribution in [0.2, 0.25) is 0 Å². The maximum Gasteiger partial charge on any atom is 0.255 e. The molecule has 0 aromatic carbocycles. The van der Waals surface area contributed by atoms with Crippen LogP contribution in [-0.2, 0) is 0 Å². The fraction of sp³-hybridized carbons (Fsp3) is 0.545. The zero-order valence-corrected chi connectivity index (χ0v) is 12.8. The van der Waals surface area contributed by atoms with Crippen LogP contribution in [0.5, 0.6) is 0 Å². The first-order valence-corrected chi connectivity index (χ1v) is 7.09. The Morgan fingerprint density at radius 1 is 1.71 bits per heavy atom. The quantitative estimate of drug-likeness (QED) is 0.918. The van der Waals surface area contributed by atoms with Gasteiger partial charge in [0.25, 0.3) is 5.91 Å². The minimum atomic E-state index is 0. The fourth-order valence-electron chi connectivity index (χ4n) is 2.14. The number of carbonyl (C=O) groups is 1. The predicted molar refractivity (Wildman–Crippen MR) is 77.3 cm³/mol. The summed E-state index contributed by atoms with van der Waals surface area (Å²) in [5.74, 6) is 0.166. The minimum absolute atomic E-state index is 0. The second-order valence-electron chi connectivity index (χ2n) is 3.99. The molecular weight excluding hydrogens is 324 g/mol. The zero-order chi connectivity index (χ0) is 11.5. The molecule has 1 atom stereocenters. The summed E-state index contributed by atoms with van der Waals surface area (Å²) in [4.78, 5) is 14.2. The highest BCUT2D eigenvalue weighted by Gasteiger charge is 2.29. The summed E-state index contributed by atoms with van der Waals surface area (Å²) >= 11 is 4.95. The van der Waals surface area contributed by atoms with Crippen molar-refractivity contribution >= 4 is 45.6 Å². The van der Waals surface area contributed by atoms with Crippen molar-refractivity contribution in [2.45, 2.75) is 18.9 Å². The van der Waals surface area contributed by atoms with Gasteiger partial charge in [0.15, 0.2) is 0 Å². The van der Waals surface area contributed by atoms with Gasteiger partial charge in [0, 0.05) is 24.5 Å². The predicted octanol–water partition coefficient (Wildman–Crippen LogP) is 2.76. The number of nitrogens with zero attached hydrogens (tertiary/aromatic N) is 1. The van der Waals surface area contributed by atoms with Crippen molar-refractivity contribution in [3.8, 4) is 0 Å². The molecule has 0 aliphatic carbocycles. The Balaban J connectivity index is 0.00000144. The lowest BCUT2D eigenvalue weighted by molar-refractivity contribution is 0.0737. The number of nitrogens with one attached hydrogen (secondary N) is 1. The van der Waals surface area contributed by atoms with Crippen molar-refractivity contribution in [2.75, 3.05) is 20.1 Å². The lowest BCUT2D eigenvalue weighted by Crippen LogP contribution is -2.40. The Labute approximate surface area is 120 Å². The molecule has 1 aliphatic rings. The Hall–Kier alpha value is -0.100. The summed E-state index contributed by atoms with van der Waals surface area (Å²) < 4.78 is 1.01. The number of carbonyl (C=O) groups excluding carboxylic acids is 1. The molecule has 17 heavy (non-hydrogen) atoms. The van der Waals surface area contributed by atoms with E-state index in [1.807, 2.05) is 23.4 Å². The normalized spacial score (nSPS) is 19.2. The van der Waals surface area contributed by atoms with E-state index in [0.717, 1.165) is 35.3 Å². The summed E-state index contributed by atoms with van der Waals surface area (Å²) in [6.45, 7) is 1.77. The topological polar surface area (TPSA) is 32.3 Å². The molecule has 96 valence electrons. The third-order valence-electron chi connectivity index (χ3n) is 2.89. The molecule has 3 nitrogen and oxygen atoms in total. The van der Waals surface area contributed by atoms with Crippen LogP contribution in [-0.4, -0.2) is 37.0 Å². The molecular formula is C11H16BrClN2OS. The van der Waals surface area contributed by atoms with E-state index in [2.05, 4.69) is 21.2 Å². The average Bonchev–Trinajstić information content (AvgIpc) is 2.87. The molecule has 1 aromatic heterocycles. The van der Waals surface area contributed by atoms with E-state index in [1.165, 1.54) is 0 Å². The van der Waals surface area contributed by atoms with Crippen LogP contribution in [0, 0.1) is 0 Å². The molecule has 1 fully saturated rings. The van der Waals surface area contributed by atoms with Gasteiger partial charge in [0.1, 0.15) is 0 Å². The number of likely N-dealkylation sites (tertiary alicyclic amines) is 1. The summed E-state index contributed by atoms with van der Waals surface area (Å²) in [5.41, 5.74) is 0.805. The van der Waals surface area contributed by atoms with E-state index in [4.69, 9.17) is 0 Å². The van der Waals surface area contributed by atoms with Crippen LogP contribution in [0.1, 0.15) is 23.2 Å². The van der Waals surface area contributed by atoms with E-state index in [0.29, 0.717) is 6.04 Å². The Morgan fingerprint density at radius 2 is 2.47 bits per heavy atom. The van der Waals surface area contributed by atoms with Crippen molar-refractivity contribution in [3.05, 3.63) is 20.8 Å². The van der Waals surface area contributed by atoms with E-state index in [9.17, 15) is 4.79 Å². The monoisotopic (exact) mass is 338 g/mol. The average molecular weight is 340 g/mol. The third kappa shape index (κ3) is 3.44. The number of hydrogen-bond acceptors (Lipinski definition) is 3. The van der Waals surface area contributed by atoms with Crippen molar-refractivity contribution < 1.29 is 4.79 Å². The van der Waals surface area contributed by atoms with Crippen LogP contribution < -0.4 is 5.32 Å². The first kappa shape index (κ1) is 15.0. The highest BCUT2D eigenvalue weighted by atomic mass is 79.9. The van der Waals surface area contributed by atoms with Crippen LogP contribution >= 0.6 is 39.7 Å². The summed E-state index contributed by atoms with van der Waals surface area (Å²) in [6.07, 6.45) is 2.22. The molecule has 2 rings (SSSR count). The highest BCUT2D eigenvalue weighted by Crippen LogP contribution is 2.25. The lowest BCUT2D eigenvalue weighted by atomic mass is 10.2. The third-order valence-corrected chi connectivity index (χ3v) is 4.40. The molecule has 0 bridgehead atoms.